The molecule has 0 amide bonds. The van der Waals surface area contributed by atoms with E-state index in [0.717, 1.165) is 56.5 Å². The molecular weight excluding hydrogens is 394 g/mol. The van der Waals surface area contributed by atoms with Gasteiger partial charge in [0.05, 0.1) is 26.0 Å². The van der Waals surface area contributed by atoms with E-state index >= 15 is 0 Å². The number of morpholine rings is 1. The van der Waals surface area contributed by atoms with Gasteiger partial charge in [0.2, 0.25) is 0 Å². The molecule has 168 valence electrons. The summed E-state index contributed by atoms with van der Waals surface area (Å²) in [6.07, 6.45) is 1.79. The van der Waals surface area contributed by atoms with Crippen LogP contribution in [0.2, 0.25) is 0 Å². The summed E-state index contributed by atoms with van der Waals surface area (Å²) in [5, 5.41) is 4.35. The molecule has 0 radical (unpaired) electrons. The lowest BCUT2D eigenvalue weighted by molar-refractivity contribution is 0.0322. The van der Waals surface area contributed by atoms with Gasteiger partial charge in [-0.25, -0.2) is 4.98 Å². The number of hydrazone groups is 1. The molecule has 31 heavy (non-hydrogen) atoms. The minimum absolute atomic E-state index is 0.608. The number of hydrogen-bond acceptors (Lipinski definition) is 8. The predicted molar refractivity (Wildman–Crippen MR) is 125 cm³/mol. The van der Waals surface area contributed by atoms with Crippen LogP contribution in [0.25, 0.3) is 0 Å². The van der Waals surface area contributed by atoms with Gasteiger partial charge in [-0.05, 0) is 12.5 Å². The fourth-order valence-electron chi connectivity index (χ4n) is 3.21. The van der Waals surface area contributed by atoms with Crippen LogP contribution >= 0.6 is 0 Å². The van der Waals surface area contributed by atoms with E-state index in [0.29, 0.717) is 19.0 Å². The number of ether oxygens (including phenoxy) is 3. The molecule has 8 nitrogen and oxygen atoms in total. The zero-order valence-electron chi connectivity index (χ0n) is 18.7. The van der Waals surface area contributed by atoms with Crippen molar-refractivity contribution < 1.29 is 14.2 Å². The molecule has 0 saturated carbocycles. The van der Waals surface area contributed by atoms with Gasteiger partial charge >= 0.3 is 0 Å². The standard InChI is InChI=1S/C23H33N5O3/c1-19-5-4-6-20(15-19)18-24-26-22-16-21(17-23(25-22)27(2)7-11-29-3)31-14-10-28-8-12-30-13-9-28/h4-6,15-18H,7-14H2,1-3H3,(H,25,26). The van der Waals surface area contributed by atoms with Crippen molar-refractivity contribution in [1.29, 1.82) is 0 Å². The van der Waals surface area contributed by atoms with E-state index in [4.69, 9.17) is 14.2 Å². The van der Waals surface area contributed by atoms with E-state index in [2.05, 4.69) is 39.5 Å². The van der Waals surface area contributed by atoms with Crippen LogP contribution in [0, 0.1) is 6.92 Å². The number of pyridine rings is 1. The summed E-state index contributed by atoms with van der Waals surface area (Å²) in [7, 11) is 3.68. The fourth-order valence-corrected chi connectivity index (χ4v) is 3.21. The number of aryl methyl sites for hydroxylation is 1. The van der Waals surface area contributed by atoms with Crippen molar-refractivity contribution in [3.05, 3.63) is 47.5 Å². The highest BCUT2D eigenvalue weighted by atomic mass is 16.5. The number of methoxy groups -OCH3 is 1. The summed E-state index contributed by atoms with van der Waals surface area (Å²) < 4.78 is 16.6. The molecule has 0 atom stereocenters. The number of hydrogen-bond donors (Lipinski definition) is 1. The zero-order chi connectivity index (χ0) is 21.9. The number of benzene rings is 1. The average molecular weight is 428 g/mol. The van der Waals surface area contributed by atoms with Gasteiger partial charge in [-0.3, -0.25) is 10.3 Å². The maximum Gasteiger partial charge on any atom is 0.152 e. The van der Waals surface area contributed by atoms with Crippen LogP contribution in [0.3, 0.4) is 0 Å². The van der Waals surface area contributed by atoms with Crippen molar-refractivity contribution in [1.82, 2.24) is 9.88 Å². The summed E-state index contributed by atoms with van der Waals surface area (Å²) in [5.41, 5.74) is 5.26. The second-order valence-electron chi connectivity index (χ2n) is 7.55. The lowest BCUT2D eigenvalue weighted by Crippen LogP contribution is -2.38. The van der Waals surface area contributed by atoms with Crippen LogP contribution < -0.4 is 15.1 Å². The third-order valence-corrected chi connectivity index (χ3v) is 5.02. The first-order valence-corrected chi connectivity index (χ1v) is 10.6. The Hall–Kier alpha value is -2.68. The second kappa shape index (κ2) is 12.2. The number of nitrogens with one attached hydrogen (secondary N) is 1. The smallest absolute Gasteiger partial charge is 0.152 e. The number of rotatable bonds is 11. The molecule has 3 rings (SSSR count). The molecule has 1 aliphatic heterocycles. The van der Waals surface area contributed by atoms with E-state index in [9.17, 15) is 0 Å². The Balaban J connectivity index is 1.66. The van der Waals surface area contributed by atoms with Gasteiger partial charge in [-0.2, -0.15) is 5.10 Å². The molecule has 2 aromatic rings. The molecule has 8 heteroatoms. The minimum Gasteiger partial charge on any atom is -0.492 e. The normalized spacial score (nSPS) is 14.7. The van der Waals surface area contributed by atoms with E-state index in [-0.39, 0.29) is 0 Å². The van der Waals surface area contributed by atoms with Gasteiger partial charge < -0.3 is 19.1 Å². The van der Waals surface area contributed by atoms with Crippen LogP contribution in [0.4, 0.5) is 11.6 Å². The average Bonchev–Trinajstić information content (AvgIpc) is 2.78. The Kier molecular flexibility index (Phi) is 9.08. The number of likely N-dealkylation sites (N-methyl/N-ethyl adjacent to an activating group) is 1. The van der Waals surface area contributed by atoms with Crippen LogP contribution in [-0.2, 0) is 9.47 Å². The van der Waals surface area contributed by atoms with Gasteiger partial charge in [0.1, 0.15) is 18.2 Å². The van der Waals surface area contributed by atoms with E-state index in [1.54, 1.807) is 13.3 Å². The Morgan fingerprint density at radius 2 is 2.06 bits per heavy atom. The highest BCUT2D eigenvalue weighted by molar-refractivity contribution is 5.80. The lowest BCUT2D eigenvalue weighted by atomic mass is 10.2. The summed E-state index contributed by atoms with van der Waals surface area (Å²) in [4.78, 5) is 9.06. The molecule has 1 aliphatic rings. The zero-order valence-corrected chi connectivity index (χ0v) is 18.7. The maximum absolute atomic E-state index is 6.05. The quantitative estimate of drug-likeness (QED) is 0.437. The molecule has 0 spiro atoms. The minimum atomic E-state index is 0.608. The molecule has 1 aromatic heterocycles. The number of aromatic nitrogens is 1. The SMILES string of the molecule is COCCN(C)c1cc(OCCN2CCOCC2)cc(NN=Cc2cccc(C)c2)n1. The molecular formula is C23H33N5O3. The summed E-state index contributed by atoms with van der Waals surface area (Å²) in [5.74, 6) is 2.19. The van der Waals surface area contributed by atoms with Crippen LogP contribution in [-0.4, -0.2) is 82.9 Å². The topological polar surface area (TPSA) is 71.5 Å². The molecule has 1 N–H and O–H groups in total. The highest BCUT2D eigenvalue weighted by Crippen LogP contribution is 2.23. The van der Waals surface area contributed by atoms with Gasteiger partial charge in [-0.1, -0.05) is 29.8 Å². The van der Waals surface area contributed by atoms with Crippen molar-refractivity contribution in [2.45, 2.75) is 6.92 Å². The molecule has 0 unspecified atom stereocenters. The Bertz CT molecular complexity index is 840. The summed E-state index contributed by atoms with van der Waals surface area (Å²) in [6.45, 7) is 8.36. The van der Waals surface area contributed by atoms with Crippen molar-refractivity contribution in [3.63, 3.8) is 0 Å². The van der Waals surface area contributed by atoms with E-state index < -0.39 is 0 Å². The van der Waals surface area contributed by atoms with Gasteiger partial charge in [0.25, 0.3) is 0 Å². The first-order valence-electron chi connectivity index (χ1n) is 10.6. The van der Waals surface area contributed by atoms with Crippen molar-refractivity contribution >= 4 is 17.9 Å². The fraction of sp³-hybridized carbons (Fsp3) is 0.478. The molecule has 0 aliphatic carbocycles. The third-order valence-electron chi connectivity index (χ3n) is 5.02. The Labute approximate surface area is 184 Å². The Morgan fingerprint density at radius 1 is 1.23 bits per heavy atom. The van der Waals surface area contributed by atoms with Crippen LogP contribution in [0.5, 0.6) is 5.75 Å². The predicted octanol–water partition coefficient (Wildman–Crippen LogP) is 2.63. The molecule has 1 fully saturated rings. The van der Waals surface area contributed by atoms with Gasteiger partial charge in [0, 0.05) is 52.5 Å². The van der Waals surface area contributed by atoms with Crippen molar-refractivity contribution in [2.24, 2.45) is 5.10 Å². The molecule has 0 bridgehead atoms. The second-order valence-corrected chi connectivity index (χ2v) is 7.55. The first-order chi connectivity index (χ1) is 15.1. The number of nitrogens with zero attached hydrogens (tertiary/aromatic N) is 4. The highest BCUT2D eigenvalue weighted by Gasteiger charge is 2.11. The third kappa shape index (κ3) is 7.82. The number of anilines is 2. The summed E-state index contributed by atoms with van der Waals surface area (Å²) >= 11 is 0. The molecule has 1 aromatic carbocycles. The molecule has 2 heterocycles. The summed E-state index contributed by atoms with van der Waals surface area (Å²) in [6, 6.07) is 12.0. The molecule has 1 saturated heterocycles. The van der Waals surface area contributed by atoms with E-state index in [1.165, 1.54) is 5.56 Å². The monoisotopic (exact) mass is 427 g/mol. The Morgan fingerprint density at radius 3 is 2.84 bits per heavy atom. The van der Waals surface area contributed by atoms with Crippen LogP contribution in [0.15, 0.2) is 41.5 Å². The van der Waals surface area contributed by atoms with Crippen molar-refractivity contribution in [2.75, 3.05) is 77.1 Å². The van der Waals surface area contributed by atoms with Gasteiger partial charge in [-0.15, -0.1) is 0 Å². The first kappa shape index (κ1) is 23.0. The van der Waals surface area contributed by atoms with Gasteiger partial charge in [0.15, 0.2) is 5.82 Å². The largest absolute Gasteiger partial charge is 0.492 e. The van der Waals surface area contributed by atoms with E-state index in [1.807, 2.05) is 36.2 Å². The lowest BCUT2D eigenvalue weighted by Gasteiger charge is -2.26. The maximum atomic E-state index is 6.05. The van der Waals surface area contributed by atoms with Crippen LogP contribution in [0.1, 0.15) is 11.1 Å². The van der Waals surface area contributed by atoms with Crippen molar-refractivity contribution in [3.8, 4) is 5.75 Å².